The van der Waals surface area contributed by atoms with Crippen molar-refractivity contribution in [3.63, 3.8) is 0 Å². The average molecular weight is 370 g/mol. The first-order valence-corrected chi connectivity index (χ1v) is 10.4. The van der Waals surface area contributed by atoms with Crippen LogP contribution in [0.2, 0.25) is 0 Å². The highest BCUT2D eigenvalue weighted by Gasteiger charge is 2.43. The molecule has 1 aromatic heterocycles. The van der Waals surface area contributed by atoms with Crippen LogP contribution in [0.5, 0.6) is 0 Å². The summed E-state index contributed by atoms with van der Waals surface area (Å²) < 4.78 is 1.36. The SMILES string of the molecule is CN1C(=N)C[C@](C)(C2CCCN(Cc3csc4ccccc34)C2)CC1=O. The van der Waals surface area contributed by atoms with Gasteiger partial charge >= 0.3 is 0 Å². The molecule has 2 saturated heterocycles. The van der Waals surface area contributed by atoms with E-state index in [2.05, 4.69) is 41.5 Å². The second kappa shape index (κ2) is 6.78. The average Bonchev–Trinajstić information content (AvgIpc) is 3.03. The van der Waals surface area contributed by atoms with Crippen molar-refractivity contribution in [3.8, 4) is 0 Å². The maximum absolute atomic E-state index is 12.3. The van der Waals surface area contributed by atoms with Crippen molar-refractivity contribution < 1.29 is 4.79 Å². The van der Waals surface area contributed by atoms with Crippen molar-refractivity contribution in [1.29, 1.82) is 5.41 Å². The first kappa shape index (κ1) is 17.7. The zero-order valence-corrected chi connectivity index (χ0v) is 16.4. The van der Waals surface area contributed by atoms with E-state index in [1.54, 1.807) is 7.05 Å². The fraction of sp³-hybridized carbons (Fsp3) is 0.524. The summed E-state index contributed by atoms with van der Waals surface area (Å²) in [6.07, 6.45) is 3.64. The number of amidine groups is 1. The Morgan fingerprint density at radius 2 is 2.12 bits per heavy atom. The standard InChI is InChI=1S/C21H27N3OS/c1-21(10-19(22)23(2)20(25)11-21)16-6-5-9-24(13-16)12-15-14-26-18-8-4-3-7-17(15)18/h3-4,7-8,14,16,22H,5-6,9-13H2,1-2H3/t16?,21-/m0/s1. The van der Waals surface area contributed by atoms with Crippen molar-refractivity contribution in [2.24, 2.45) is 11.3 Å². The summed E-state index contributed by atoms with van der Waals surface area (Å²) in [6, 6.07) is 8.64. The molecular formula is C21H27N3OS. The highest BCUT2D eigenvalue weighted by atomic mass is 32.1. The Kier molecular flexibility index (Phi) is 4.61. The number of amides is 1. The van der Waals surface area contributed by atoms with Gasteiger partial charge in [0.2, 0.25) is 5.91 Å². The highest BCUT2D eigenvalue weighted by Crippen LogP contribution is 2.43. The van der Waals surface area contributed by atoms with E-state index < -0.39 is 0 Å². The van der Waals surface area contributed by atoms with Crippen LogP contribution >= 0.6 is 11.3 Å². The number of nitrogens with zero attached hydrogens (tertiary/aromatic N) is 2. The predicted molar refractivity (Wildman–Crippen MR) is 108 cm³/mol. The third kappa shape index (κ3) is 3.19. The second-order valence-electron chi connectivity index (χ2n) is 8.24. The Morgan fingerprint density at radius 1 is 1.31 bits per heavy atom. The summed E-state index contributed by atoms with van der Waals surface area (Å²) in [5.74, 6) is 1.06. The fourth-order valence-corrected chi connectivity index (χ4v) is 5.58. The number of hydrogen-bond donors (Lipinski definition) is 1. The van der Waals surface area contributed by atoms with E-state index in [1.807, 2.05) is 11.3 Å². The van der Waals surface area contributed by atoms with Crippen LogP contribution < -0.4 is 0 Å². The number of thiophene rings is 1. The zero-order chi connectivity index (χ0) is 18.3. The molecule has 0 aliphatic carbocycles. The minimum Gasteiger partial charge on any atom is -0.304 e. The molecule has 5 heteroatoms. The number of likely N-dealkylation sites (tertiary alicyclic amines) is 2. The van der Waals surface area contributed by atoms with E-state index in [9.17, 15) is 4.79 Å². The normalized spacial score (nSPS) is 28.1. The van der Waals surface area contributed by atoms with Crippen LogP contribution in [0.3, 0.4) is 0 Å². The summed E-state index contributed by atoms with van der Waals surface area (Å²) in [5.41, 5.74) is 1.35. The predicted octanol–water partition coefficient (Wildman–Crippen LogP) is 4.35. The summed E-state index contributed by atoms with van der Waals surface area (Å²) in [6.45, 7) is 5.37. The number of hydrogen-bond acceptors (Lipinski definition) is 4. The van der Waals surface area contributed by atoms with Gasteiger partial charge in [-0.05, 0) is 53.1 Å². The van der Waals surface area contributed by atoms with E-state index in [-0.39, 0.29) is 11.3 Å². The summed E-state index contributed by atoms with van der Waals surface area (Å²) in [4.78, 5) is 16.4. The third-order valence-electron chi connectivity index (χ3n) is 6.35. The fourth-order valence-electron chi connectivity index (χ4n) is 4.63. The second-order valence-corrected chi connectivity index (χ2v) is 9.15. The van der Waals surface area contributed by atoms with Crippen molar-refractivity contribution >= 4 is 33.2 Å². The number of fused-ring (bicyclic) bond motifs is 1. The molecule has 2 aliphatic heterocycles. The van der Waals surface area contributed by atoms with Gasteiger partial charge in [-0.1, -0.05) is 25.1 Å². The molecule has 3 heterocycles. The maximum Gasteiger partial charge on any atom is 0.228 e. The monoisotopic (exact) mass is 369 g/mol. The Balaban J connectivity index is 1.49. The zero-order valence-electron chi connectivity index (χ0n) is 15.6. The molecule has 26 heavy (non-hydrogen) atoms. The number of benzene rings is 1. The van der Waals surface area contributed by atoms with Gasteiger partial charge in [0, 0.05) is 37.7 Å². The van der Waals surface area contributed by atoms with Crippen LogP contribution in [0.15, 0.2) is 29.6 Å². The Bertz CT molecular complexity index is 825. The van der Waals surface area contributed by atoms with E-state index in [4.69, 9.17) is 5.41 Å². The summed E-state index contributed by atoms with van der Waals surface area (Å²) in [5, 5.41) is 11.9. The quantitative estimate of drug-likeness (QED) is 0.874. The third-order valence-corrected chi connectivity index (χ3v) is 7.36. The molecule has 1 unspecified atom stereocenters. The van der Waals surface area contributed by atoms with Crippen molar-refractivity contribution in [1.82, 2.24) is 9.80 Å². The molecule has 0 spiro atoms. The molecule has 0 radical (unpaired) electrons. The topological polar surface area (TPSA) is 47.4 Å². The van der Waals surface area contributed by atoms with Crippen LogP contribution in [0.25, 0.3) is 10.1 Å². The molecule has 1 amide bonds. The number of nitrogens with one attached hydrogen (secondary N) is 1. The number of carbonyl (C=O) groups excluding carboxylic acids is 1. The van der Waals surface area contributed by atoms with E-state index >= 15 is 0 Å². The molecular weight excluding hydrogens is 342 g/mol. The number of piperidine rings is 2. The Labute approximate surface area is 159 Å². The molecule has 138 valence electrons. The van der Waals surface area contributed by atoms with Gasteiger partial charge < -0.3 is 4.90 Å². The molecule has 0 saturated carbocycles. The molecule has 1 aromatic carbocycles. The van der Waals surface area contributed by atoms with Crippen LogP contribution in [-0.4, -0.2) is 41.7 Å². The molecule has 4 nitrogen and oxygen atoms in total. The summed E-state index contributed by atoms with van der Waals surface area (Å²) in [7, 11) is 1.74. The number of rotatable bonds is 3. The van der Waals surface area contributed by atoms with Crippen LogP contribution in [0.4, 0.5) is 0 Å². The first-order valence-electron chi connectivity index (χ1n) is 9.48. The molecule has 4 rings (SSSR count). The van der Waals surface area contributed by atoms with E-state index in [0.717, 1.165) is 26.1 Å². The van der Waals surface area contributed by atoms with Crippen molar-refractivity contribution in [2.75, 3.05) is 20.1 Å². The lowest BCUT2D eigenvalue weighted by molar-refractivity contribution is -0.132. The van der Waals surface area contributed by atoms with Gasteiger partial charge in [0.1, 0.15) is 5.84 Å². The minimum atomic E-state index is -0.0734. The number of carbonyl (C=O) groups is 1. The van der Waals surface area contributed by atoms with Gasteiger partial charge in [0.25, 0.3) is 0 Å². The van der Waals surface area contributed by atoms with Crippen molar-refractivity contribution in [2.45, 2.75) is 39.2 Å². The largest absolute Gasteiger partial charge is 0.304 e. The van der Waals surface area contributed by atoms with Gasteiger partial charge in [-0.2, -0.15) is 0 Å². The van der Waals surface area contributed by atoms with Crippen molar-refractivity contribution in [3.05, 3.63) is 35.2 Å². The molecule has 2 aromatic rings. The molecule has 1 N–H and O–H groups in total. The Hall–Kier alpha value is -1.72. The minimum absolute atomic E-state index is 0.0734. The van der Waals surface area contributed by atoms with Gasteiger partial charge in [-0.15, -0.1) is 11.3 Å². The van der Waals surface area contributed by atoms with Crippen LogP contribution in [-0.2, 0) is 11.3 Å². The Morgan fingerprint density at radius 3 is 2.92 bits per heavy atom. The molecule has 0 bridgehead atoms. The lowest BCUT2D eigenvalue weighted by Gasteiger charge is -2.46. The van der Waals surface area contributed by atoms with Crippen LogP contribution in [0, 0.1) is 16.7 Å². The maximum atomic E-state index is 12.3. The van der Waals surface area contributed by atoms with Gasteiger partial charge in [0.15, 0.2) is 0 Å². The first-order chi connectivity index (χ1) is 12.5. The molecule has 2 fully saturated rings. The molecule has 2 atom stereocenters. The lowest BCUT2D eigenvalue weighted by atomic mass is 9.67. The highest BCUT2D eigenvalue weighted by molar-refractivity contribution is 7.17. The lowest BCUT2D eigenvalue weighted by Crippen LogP contribution is -2.50. The smallest absolute Gasteiger partial charge is 0.228 e. The van der Waals surface area contributed by atoms with Gasteiger partial charge in [0.05, 0.1) is 0 Å². The van der Waals surface area contributed by atoms with Gasteiger partial charge in [-0.25, -0.2) is 0 Å². The molecule has 2 aliphatic rings. The van der Waals surface area contributed by atoms with Gasteiger partial charge in [-0.3, -0.25) is 15.1 Å². The van der Waals surface area contributed by atoms with Crippen LogP contribution in [0.1, 0.15) is 38.2 Å². The summed E-state index contributed by atoms with van der Waals surface area (Å²) >= 11 is 1.83. The van der Waals surface area contributed by atoms with E-state index in [1.165, 1.54) is 33.4 Å². The van der Waals surface area contributed by atoms with E-state index in [0.29, 0.717) is 18.2 Å².